The van der Waals surface area contributed by atoms with E-state index < -0.39 is 5.91 Å². The summed E-state index contributed by atoms with van der Waals surface area (Å²) in [6.45, 7) is 1.67. The van der Waals surface area contributed by atoms with Gasteiger partial charge in [0, 0.05) is 10.4 Å². The van der Waals surface area contributed by atoms with Crippen molar-refractivity contribution in [3.8, 4) is 11.3 Å². The van der Waals surface area contributed by atoms with Gasteiger partial charge in [0.2, 0.25) is 11.8 Å². The Kier molecular flexibility index (Phi) is 5.32. The second kappa shape index (κ2) is 7.83. The Morgan fingerprint density at radius 2 is 2.00 bits per heavy atom. The van der Waals surface area contributed by atoms with Crippen LogP contribution >= 0.6 is 11.3 Å². The number of hydrogen-bond acceptors (Lipinski definition) is 6. The third-order valence-corrected chi connectivity index (χ3v) is 4.27. The number of thiazole rings is 1. The molecular weight excluding hydrogens is 359 g/mol. The van der Waals surface area contributed by atoms with Gasteiger partial charge in [-0.1, -0.05) is 0 Å². The van der Waals surface area contributed by atoms with Gasteiger partial charge in [-0.25, -0.2) is 19.0 Å². The predicted octanol–water partition coefficient (Wildman–Crippen LogP) is 1.60. The van der Waals surface area contributed by atoms with E-state index >= 15 is 0 Å². The molecule has 3 rings (SSSR count). The lowest BCUT2D eigenvalue weighted by Crippen LogP contribution is -2.35. The van der Waals surface area contributed by atoms with Crippen molar-refractivity contribution in [1.29, 1.82) is 0 Å². The van der Waals surface area contributed by atoms with Gasteiger partial charge in [-0.2, -0.15) is 5.10 Å². The monoisotopic (exact) mass is 374 g/mol. The molecule has 0 atom stereocenters. The van der Waals surface area contributed by atoms with Crippen LogP contribution < -0.4 is 10.6 Å². The Hall–Kier alpha value is -3.14. The number of carbonyl (C=O) groups is 2. The Morgan fingerprint density at radius 3 is 2.69 bits per heavy atom. The van der Waals surface area contributed by atoms with Crippen molar-refractivity contribution in [2.45, 2.75) is 13.5 Å². The summed E-state index contributed by atoms with van der Waals surface area (Å²) in [5.74, 6) is -1.07. The fourth-order valence-corrected chi connectivity index (χ4v) is 3.04. The molecule has 26 heavy (non-hydrogen) atoms. The van der Waals surface area contributed by atoms with E-state index in [2.05, 4.69) is 25.7 Å². The van der Waals surface area contributed by atoms with Gasteiger partial charge in [-0.15, -0.1) is 11.3 Å². The first-order chi connectivity index (χ1) is 12.5. The lowest BCUT2D eigenvalue weighted by Gasteiger charge is -2.04. The number of amides is 2. The highest BCUT2D eigenvalue weighted by Crippen LogP contribution is 2.30. The number of nitrogens with zero attached hydrogens (tertiary/aromatic N) is 4. The number of aryl methyl sites for hydroxylation is 1. The van der Waals surface area contributed by atoms with E-state index in [4.69, 9.17) is 0 Å². The van der Waals surface area contributed by atoms with Crippen LogP contribution in [-0.4, -0.2) is 38.1 Å². The molecule has 3 aromatic rings. The van der Waals surface area contributed by atoms with Gasteiger partial charge in [-0.05, 0) is 31.2 Å². The van der Waals surface area contributed by atoms with Crippen molar-refractivity contribution in [3.63, 3.8) is 0 Å². The molecule has 134 valence electrons. The lowest BCUT2D eigenvalue weighted by atomic mass is 10.1. The average molecular weight is 374 g/mol. The van der Waals surface area contributed by atoms with Crippen molar-refractivity contribution in [2.24, 2.45) is 0 Å². The molecule has 2 aromatic heterocycles. The average Bonchev–Trinajstić information content (AvgIpc) is 3.23. The van der Waals surface area contributed by atoms with Crippen LogP contribution in [0.3, 0.4) is 0 Å². The molecular formula is C16H15FN6O2S. The first-order valence-electron chi connectivity index (χ1n) is 7.63. The van der Waals surface area contributed by atoms with Crippen LogP contribution in [-0.2, 0) is 16.1 Å². The topological polar surface area (TPSA) is 102 Å². The smallest absolute Gasteiger partial charge is 0.245 e. The molecule has 2 amide bonds. The quantitative estimate of drug-likeness (QED) is 0.682. The Labute approximate surface area is 152 Å². The molecule has 0 saturated heterocycles. The summed E-state index contributed by atoms with van der Waals surface area (Å²) in [5.41, 5.74) is 1.45. The number of anilines is 1. The molecule has 8 nitrogen and oxygen atoms in total. The van der Waals surface area contributed by atoms with Crippen LogP contribution in [0.5, 0.6) is 0 Å². The first-order valence-corrected chi connectivity index (χ1v) is 8.45. The van der Waals surface area contributed by atoms with Crippen LogP contribution in [0, 0.1) is 12.7 Å². The Balaban J connectivity index is 1.55. The van der Waals surface area contributed by atoms with Crippen LogP contribution in [0.25, 0.3) is 11.3 Å². The number of hydrogen-bond donors (Lipinski definition) is 2. The molecule has 0 radical (unpaired) electrons. The van der Waals surface area contributed by atoms with Crippen molar-refractivity contribution < 1.29 is 14.0 Å². The number of carbonyl (C=O) groups excluding carboxylic acids is 2. The second-order valence-electron chi connectivity index (χ2n) is 5.35. The summed E-state index contributed by atoms with van der Waals surface area (Å²) in [7, 11) is 0. The minimum atomic E-state index is -0.392. The van der Waals surface area contributed by atoms with Gasteiger partial charge in [0.25, 0.3) is 0 Å². The fraction of sp³-hybridized carbons (Fsp3) is 0.188. The number of halogens is 1. The molecule has 2 heterocycles. The molecule has 0 aliphatic rings. The predicted molar refractivity (Wildman–Crippen MR) is 93.9 cm³/mol. The molecule has 0 spiro atoms. The highest BCUT2D eigenvalue weighted by Gasteiger charge is 2.13. The number of nitrogens with one attached hydrogen (secondary N) is 2. The summed E-state index contributed by atoms with van der Waals surface area (Å²) in [6.07, 6.45) is 2.73. The maximum absolute atomic E-state index is 13.0. The molecule has 0 aliphatic carbocycles. The van der Waals surface area contributed by atoms with E-state index in [1.807, 2.05) is 6.92 Å². The van der Waals surface area contributed by atoms with E-state index in [1.54, 1.807) is 12.1 Å². The second-order valence-corrected chi connectivity index (χ2v) is 6.55. The van der Waals surface area contributed by atoms with Gasteiger partial charge in [0.1, 0.15) is 25.0 Å². The van der Waals surface area contributed by atoms with Crippen molar-refractivity contribution >= 4 is 28.3 Å². The normalized spacial score (nSPS) is 10.5. The Morgan fingerprint density at radius 1 is 1.23 bits per heavy atom. The third-order valence-electron chi connectivity index (χ3n) is 3.38. The summed E-state index contributed by atoms with van der Waals surface area (Å²) in [5, 5.41) is 9.36. The molecule has 0 unspecified atom stereocenters. The van der Waals surface area contributed by atoms with Crippen LogP contribution in [0.1, 0.15) is 4.88 Å². The van der Waals surface area contributed by atoms with Crippen molar-refractivity contribution in [1.82, 2.24) is 25.1 Å². The summed E-state index contributed by atoms with van der Waals surface area (Å²) >= 11 is 1.31. The van der Waals surface area contributed by atoms with Crippen molar-refractivity contribution in [3.05, 3.63) is 47.6 Å². The molecule has 1 aromatic carbocycles. The first kappa shape index (κ1) is 17.7. The van der Waals surface area contributed by atoms with E-state index in [-0.39, 0.29) is 24.8 Å². The highest BCUT2D eigenvalue weighted by atomic mass is 32.1. The van der Waals surface area contributed by atoms with Crippen LogP contribution in [0.15, 0.2) is 36.9 Å². The molecule has 0 aliphatic heterocycles. The molecule has 2 N–H and O–H groups in total. The minimum Gasteiger partial charge on any atom is -0.345 e. The van der Waals surface area contributed by atoms with Gasteiger partial charge in [0.05, 0.1) is 12.2 Å². The third kappa shape index (κ3) is 4.48. The molecule has 0 bridgehead atoms. The summed E-state index contributed by atoms with van der Waals surface area (Å²) < 4.78 is 14.4. The molecule has 10 heteroatoms. The highest BCUT2D eigenvalue weighted by molar-refractivity contribution is 7.16. The van der Waals surface area contributed by atoms with Gasteiger partial charge < -0.3 is 10.6 Å². The van der Waals surface area contributed by atoms with Gasteiger partial charge in [-0.3, -0.25) is 9.59 Å². The maximum Gasteiger partial charge on any atom is 0.245 e. The Bertz CT molecular complexity index is 907. The summed E-state index contributed by atoms with van der Waals surface area (Å²) in [4.78, 5) is 32.7. The minimum absolute atomic E-state index is 0.0155. The standard InChI is InChI=1S/C16H15FN6O2S/c1-10-15(11-2-4-12(17)5-3-11)22-16(26-10)21-13(24)6-19-14(25)7-23-9-18-8-20-23/h2-5,8-9H,6-7H2,1H3,(H,19,25)(H,21,22,24). The van der Waals surface area contributed by atoms with E-state index in [1.165, 1.54) is 40.8 Å². The molecule has 0 saturated carbocycles. The lowest BCUT2D eigenvalue weighted by molar-refractivity contribution is -0.124. The largest absolute Gasteiger partial charge is 0.345 e. The number of benzene rings is 1. The maximum atomic E-state index is 13.0. The molecule has 0 fully saturated rings. The zero-order valence-corrected chi connectivity index (χ0v) is 14.6. The van der Waals surface area contributed by atoms with Crippen LogP contribution in [0.2, 0.25) is 0 Å². The number of rotatable bonds is 6. The summed E-state index contributed by atoms with van der Waals surface area (Å²) in [6, 6.07) is 5.98. The zero-order valence-electron chi connectivity index (χ0n) is 13.8. The fourth-order valence-electron chi connectivity index (χ4n) is 2.19. The SMILES string of the molecule is Cc1sc(NC(=O)CNC(=O)Cn2cncn2)nc1-c1ccc(F)cc1. The number of aromatic nitrogens is 4. The van der Waals surface area contributed by atoms with Gasteiger partial charge >= 0.3 is 0 Å². The van der Waals surface area contributed by atoms with E-state index in [9.17, 15) is 14.0 Å². The van der Waals surface area contributed by atoms with E-state index in [0.29, 0.717) is 10.8 Å². The zero-order chi connectivity index (χ0) is 18.5. The van der Waals surface area contributed by atoms with E-state index in [0.717, 1.165) is 10.4 Å². The van der Waals surface area contributed by atoms with Crippen LogP contribution in [0.4, 0.5) is 9.52 Å². The van der Waals surface area contributed by atoms with Gasteiger partial charge in [0.15, 0.2) is 5.13 Å². The van der Waals surface area contributed by atoms with Crippen molar-refractivity contribution in [2.75, 3.05) is 11.9 Å².